The van der Waals surface area contributed by atoms with Crippen molar-refractivity contribution in [3.8, 4) is 0 Å². The van der Waals surface area contributed by atoms with Crippen LogP contribution in [-0.2, 0) is 25.7 Å². The van der Waals surface area contributed by atoms with E-state index in [-0.39, 0.29) is 36.6 Å². The molecule has 5 rings (SSSR count). The monoisotopic (exact) mass is 884 g/mol. The number of nitrogens with zero attached hydrogens (tertiary/aromatic N) is 1. The van der Waals surface area contributed by atoms with E-state index in [1.54, 1.807) is 12.1 Å². The molecular formula is C45H59ClN3O11S+. The number of aliphatic carboxylic acids is 1. The number of benzene rings is 2. The minimum Gasteiger partial charge on any atom is -0.481 e. The van der Waals surface area contributed by atoms with E-state index < -0.39 is 57.9 Å². The summed E-state index contributed by atoms with van der Waals surface area (Å²) in [6, 6.07) is 10.0. The average molecular weight is 885 g/mol. The van der Waals surface area contributed by atoms with Crippen molar-refractivity contribution in [2.45, 2.75) is 126 Å². The third kappa shape index (κ3) is 11.1. The number of nitrogens with one attached hydrogen (secondary N) is 2. The molecule has 2 heterocycles. The number of carbonyl (C=O) groups excluding carboxylic acids is 1. The van der Waals surface area contributed by atoms with Gasteiger partial charge >= 0.3 is 5.97 Å². The molecule has 16 heteroatoms. The Morgan fingerprint density at radius 2 is 1.62 bits per heavy atom. The van der Waals surface area contributed by atoms with Crippen LogP contribution in [0.3, 0.4) is 0 Å². The number of hydrogen-bond acceptors (Lipinski definition) is 10. The first kappa shape index (κ1) is 47.9. The zero-order valence-corrected chi connectivity index (χ0v) is 36.6. The fourth-order valence-electron chi connectivity index (χ4n) is 8.21. The van der Waals surface area contributed by atoms with Crippen LogP contribution in [0.5, 0.6) is 0 Å². The van der Waals surface area contributed by atoms with Gasteiger partial charge in [-0.15, -0.1) is 0 Å². The second-order valence-corrected chi connectivity index (χ2v) is 18.8. The van der Waals surface area contributed by atoms with Gasteiger partial charge in [0.1, 0.15) is 24.9 Å². The number of halogens is 1. The summed E-state index contributed by atoms with van der Waals surface area (Å²) in [7, 11) is -4.36. The molecule has 2 aromatic carbocycles. The second-order valence-electron chi connectivity index (χ2n) is 17.0. The van der Waals surface area contributed by atoms with E-state index in [0.717, 1.165) is 77.2 Å². The van der Waals surface area contributed by atoms with Crippen LogP contribution < -0.4 is 10.6 Å². The molecule has 4 atom stereocenters. The summed E-state index contributed by atoms with van der Waals surface area (Å²) in [5, 5.41) is 64.8. The van der Waals surface area contributed by atoms with Gasteiger partial charge in [0.05, 0.1) is 23.0 Å². The molecule has 0 spiro atoms. The molecule has 3 aliphatic rings. The molecule has 61 heavy (non-hydrogen) atoms. The maximum absolute atomic E-state index is 13.3. The zero-order chi connectivity index (χ0) is 44.9. The van der Waals surface area contributed by atoms with Gasteiger partial charge in [-0.3, -0.25) is 14.1 Å². The molecule has 332 valence electrons. The van der Waals surface area contributed by atoms with Crippen molar-refractivity contribution in [2.24, 2.45) is 0 Å². The Kier molecular flexibility index (Phi) is 15.6. The lowest BCUT2D eigenvalue weighted by atomic mass is 9.80. The summed E-state index contributed by atoms with van der Waals surface area (Å²) in [5.41, 5.74) is 6.49. The summed E-state index contributed by atoms with van der Waals surface area (Å²) in [4.78, 5) is 24.3. The Hall–Kier alpha value is -4.19. The molecule has 14 nitrogen and oxygen atoms in total. The molecular weight excluding hydrogens is 826 g/mol. The number of fused-ring (bicyclic) bond motifs is 2. The molecule has 2 aromatic rings. The largest absolute Gasteiger partial charge is 0.481 e. The first-order valence-electron chi connectivity index (χ1n) is 20.7. The van der Waals surface area contributed by atoms with Gasteiger partial charge in [0, 0.05) is 64.5 Å². The summed E-state index contributed by atoms with van der Waals surface area (Å²) >= 11 is 7.11. The number of anilines is 1. The molecule has 0 saturated carbocycles. The number of aliphatic hydroxyl groups is 5. The van der Waals surface area contributed by atoms with Gasteiger partial charge in [-0.05, 0) is 112 Å². The molecule has 4 unspecified atom stereocenters. The van der Waals surface area contributed by atoms with Crippen molar-refractivity contribution in [1.29, 1.82) is 0 Å². The summed E-state index contributed by atoms with van der Waals surface area (Å²) in [6.45, 7) is 8.17. The molecule has 2 aliphatic heterocycles. The van der Waals surface area contributed by atoms with Gasteiger partial charge in [-0.2, -0.15) is 13.0 Å². The van der Waals surface area contributed by atoms with E-state index in [2.05, 4.69) is 41.2 Å². The fourth-order valence-corrected chi connectivity index (χ4v) is 9.03. The first-order valence-corrected chi connectivity index (χ1v) is 22.5. The van der Waals surface area contributed by atoms with Crippen molar-refractivity contribution in [1.82, 2.24) is 5.32 Å². The van der Waals surface area contributed by atoms with E-state index in [4.69, 9.17) is 21.8 Å². The van der Waals surface area contributed by atoms with Gasteiger partial charge in [-0.1, -0.05) is 37.6 Å². The predicted octanol–water partition coefficient (Wildman–Crippen LogP) is 5.35. The molecule has 1 aliphatic carbocycles. The van der Waals surface area contributed by atoms with Crippen LogP contribution in [0.1, 0.15) is 107 Å². The SMILES string of the molecule is CC1(C)C(/C=C/C2=C(Cl)C(=C/C=C3/Nc4ccc(S(=O)(=O)O)cc4C3(C)C)/CCC2)=[N+](CCCCCC(=O)O)c2ccc(C(=O)NCCCC(O)C(O)C(O)C(O)CO)cc21. The number of carboxylic acid groups (broad SMARTS) is 1. The van der Waals surface area contributed by atoms with Crippen LogP contribution in [0, 0.1) is 0 Å². The molecule has 1 amide bonds. The van der Waals surface area contributed by atoms with Gasteiger partial charge in [0.15, 0.2) is 5.71 Å². The Morgan fingerprint density at radius 3 is 2.31 bits per heavy atom. The van der Waals surface area contributed by atoms with E-state index in [0.29, 0.717) is 23.6 Å². The lowest BCUT2D eigenvalue weighted by Gasteiger charge is -2.25. The summed E-state index contributed by atoms with van der Waals surface area (Å²) < 4.78 is 35.5. The Labute approximate surface area is 362 Å². The van der Waals surface area contributed by atoms with Gasteiger partial charge in [0.25, 0.3) is 16.0 Å². The van der Waals surface area contributed by atoms with Crippen LogP contribution in [-0.4, -0.2) is 110 Å². The highest BCUT2D eigenvalue weighted by Gasteiger charge is 2.45. The Morgan fingerprint density at radius 1 is 0.902 bits per heavy atom. The second kappa shape index (κ2) is 19.9. The normalized spacial score (nSPS) is 20.4. The van der Waals surface area contributed by atoms with Crippen molar-refractivity contribution in [3.63, 3.8) is 0 Å². The van der Waals surface area contributed by atoms with Gasteiger partial charge in [0.2, 0.25) is 5.69 Å². The minimum absolute atomic E-state index is 0.0300. The maximum Gasteiger partial charge on any atom is 0.303 e. The standard InChI is InChI=1S/C45H58ClN3O11S/c1-44(2)31-25-30(61(58,59)60)17-18-33(31)48-37(44)20-15-27-10-8-11-28(40(27)46)16-21-38-45(3,4)32-24-29(14-19-34(32)49(38)23-7-5-6-13-39(53)54)43(57)47-22-9-12-35(51)41(55)42(56)36(52)26-50/h14-21,24-25,35-36,41-42,50-52,55-56H,5-13,22-23,26H2,1-4H3,(H3,47,53,54,57,58,59,60)/p+1. The maximum atomic E-state index is 13.3. The lowest BCUT2D eigenvalue weighted by molar-refractivity contribution is -0.438. The number of hydrogen-bond donors (Lipinski definition) is 9. The van der Waals surface area contributed by atoms with Gasteiger partial charge < -0.3 is 41.3 Å². The third-order valence-corrected chi connectivity index (χ3v) is 13.3. The quantitative estimate of drug-likeness (QED) is 0.0494. The molecule has 9 N–H and O–H groups in total. The number of unbranched alkanes of at least 4 members (excludes halogenated alkanes) is 2. The molecule has 0 radical (unpaired) electrons. The fraction of sp³-hybridized carbons (Fsp3) is 0.489. The third-order valence-electron chi connectivity index (χ3n) is 12.0. The number of carboxylic acids is 1. The topological polar surface area (TPSA) is 237 Å². The first-order chi connectivity index (χ1) is 28.7. The van der Waals surface area contributed by atoms with E-state index >= 15 is 0 Å². The molecule has 0 bridgehead atoms. The summed E-state index contributed by atoms with van der Waals surface area (Å²) in [6.07, 6.45) is 6.57. The van der Waals surface area contributed by atoms with Crippen LogP contribution in [0.15, 0.2) is 87.5 Å². The molecule has 0 fully saturated rings. The van der Waals surface area contributed by atoms with Gasteiger partial charge in [-0.25, -0.2) is 0 Å². The smallest absolute Gasteiger partial charge is 0.303 e. The zero-order valence-electron chi connectivity index (χ0n) is 35.1. The Balaban J connectivity index is 1.35. The predicted molar refractivity (Wildman–Crippen MR) is 233 cm³/mol. The van der Waals surface area contributed by atoms with Crippen LogP contribution in [0.4, 0.5) is 11.4 Å². The highest BCUT2D eigenvalue weighted by atomic mass is 35.5. The van der Waals surface area contributed by atoms with E-state index in [1.807, 2.05) is 38.1 Å². The average Bonchev–Trinajstić information content (AvgIpc) is 3.59. The van der Waals surface area contributed by atoms with Crippen LogP contribution in [0.25, 0.3) is 0 Å². The van der Waals surface area contributed by atoms with E-state index in [9.17, 15) is 43.0 Å². The van der Waals surface area contributed by atoms with Crippen molar-refractivity contribution in [3.05, 3.63) is 99.3 Å². The van der Waals surface area contributed by atoms with Crippen molar-refractivity contribution in [2.75, 3.05) is 25.0 Å². The number of aliphatic hydroxyl groups excluding tert-OH is 5. The minimum atomic E-state index is -4.36. The van der Waals surface area contributed by atoms with E-state index in [1.165, 1.54) is 12.1 Å². The highest BCUT2D eigenvalue weighted by molar-refractivity contribution is 7.85. The number of carbonyl (C=O) groups is 2. The molecule has 0 aromatic heterocycles. The van der Waals surface area contributed by atoms with Crippen molar-refractivity contribution < 1.29 is 57.8 Å². The van der Waals surface area contributed by atoms with Crippen LogP contribution in [0.2, 0.25) is 0 Å². The number of amides is 1. The Bertz CT molecular complexity index is 2260. The van der Waals surface area contributed by atoms with Crippen LogP contribution >= 0.6 is 11.6 Å². The molecule has 0 saturated heterocycles. The highest BCUT2D eigenvalue weighted by Crippen LogP contribution is 2.45. The number of rotatable bonds is 19. The van der Waals surface area contributed by atoms with Crippen molar-refractivity contribution >= 4 is 50.7 Å². The summed E-state index contributed by atoms with van der Waals surface area (Å²) in [5.74, 6) is -1.16. The number of allylic oxidation sites excluding steroid dienone is 8. The lowest BCUT2D eigenvalue weighted by Crippen LogP contribution is -2.46.